The summed E-state index contributed by atoms with van der Waals surface area (Å²) in [5.74, 6) is 0. The third kappa shape index (κ3) is 5.37. The minimum atomic E-state index is 0.0250. The number of H-pyrrole nitrogens is 1. The minimum Gasteiger partial charge on any atom is -0.372 e. The Hall–Kier alpha value is -3.02. The van der Waals surface area contributed by atoms with E-state index in [1.165, 1.54) is 5.69 Å². The molecule has 0 saturated carbocycles. The van der Waals surface area contributed by atoms with Crippen LogP contribution in [0.15, 0.2) is 29.1 Å². The van der Waals surface area contributed by atoms with Crippen molar-refractivity contribution in [2.75, 3.05) is 23.3 Å². The van der Waals surface area contributed by atoms with Gasteiger partial charge in [-0.25, -0.2) is 4.98 Å². The Kier molecular flexibility index (Phi) is 8.97. The van der Waals surface area contributed by atoms with Crippen LogP contribution < -0.4 is 15.8 Å². The number of nitrogens with zero attached hydrogens (tertiary/aromatic N) is 3. The fourth-order valence-electron chi connectivity index (χ4n) is 4.53. The van der Waals surface area contributed by atoms with Gasteiger partial charge < -0.3 is 10.2 Å². The summed E-state index contributed by atoms with van der Waals surface area (Å²) in [6.45, 7) is 14.7. The summed E-state index contributed by atoms with van der Waals surface area (Å²) in [7, 11) is 0. The van der Waals surface area contributed by atoms with Crippen molar-refractivity contribution in [1.29, 1.82) is 0 Å². The van der Waals surface area contributed by atoms with Gasteiger partial charge in [0.1, 0.15) is 5.69 Å². The number of allylic oxidation sites excluding steroid dienone is 1. The number of benzene rings is 1. The van der Waals surface area contributed by atoms with E-state index in [9.17, 15) is 4.79 Å². The van der Waals surface area contributed by atoms with Crippen LogP contribution in [0.3, 0.4) is 0 Å². The van der Waals surface area contributed by atoms with E-state index in [0.717, 1.165) is 85.5 Å². The maximum atomic E-state index is 13.5. The number of fused-ring (bicyclic) bond motifs is 1. The Bertz CT molecular complexity index is 1180. The summed E-state index contributed by atoms with van der Waals surface area (Å²) in [5, 5.41) is 6.90. The van der Waals surface area contributed by atoms with Crippen molar-refractivity contribution in [2.45, 2.75) is 80.1 Å². The molecule has 184 valence electrons. The van der Waals surface area contributed by atoms with Gasteiger partial charge in [-0.05, 0) is 76.8 Å². The Balaban J connectivity index is 2.11. The van der Waals surface area contributed by atoms with Gasteiger partial charge in [0.05, 0.1) is 11.4 Å². The number of aromatic nitrogens is 3. The van der Waals surface area contributed by atoms with E-state index in [1.54, 1.807) is 4.52 Å². The molecule has 3 rings (SSSR count). The molecule has 0 amide bonds. The fraction of sp³-hybridized carbons (Fsp3) is 0.500. The van der Waals surface area contributed by atoms with Crippen LogP contribution >= 0.6 is 0 Å². The average Bonchev–Trinajstić information content (AvgIpc) is 3.16. The van der Waals surface area contributed by atoms with Crippen LogP contribution in [0.5, 0.6) is 0 Å². The van der Waals surface area contributed by atoms with E-state index in [-0.39, 0.29) is 5.56 Å². The lowest BCUT2D eigenvalue weighted by molar-refractivity contribution is 0.694. The van der Waals surface area contributed by atoms with Crippen molar-refractivity contribution < 1.29 is 0 Å². The van der Waals surface area contributed by atoms with E-state index in [2.05, 4.69) is 68.1 Å². The number of hydrogen-bond acceptors (Lipinski definition) is 4. The second kappa shape index (κ2) is 11.9. The second-order valence-corrected chi connectivity index (χ2v) is 8.91. The topological polar surface area (TPSA) is 65.4 Å². The monoisotopic (exact) mass is 463 g/mol. The minimum absolute atomic E-state index is 0.0250. The highest BCUT2D eigenvalue weighted by atomic mass is 16.1. The molecule has 2 heterocycles. The zero-order valence-electron chi connectivity index (χ0n) is 21.8. The Morgan fingerprint density at radius 1 is 1.09 bits per heavy atom. The molecule has 3 aromatic rings. The normalized spacial score (nSPS) is 11.6. The van der Waals surface area contributed by atoms with E-state index >= 15 is 0 Å². The quantitative estimate of drug-likeness (QED) is 0.296. The molecule has 0 unspecified atom stereocenters. The van der Waals surface area contributed by atoms with Crippen molar-refractivity contribution in [1.82, 2.24) is 14.6 Å². The summed E-state index contributed by atoms with van der Waals surface area (Å²) in [5.41, 5.74) is 7.56. The number of rotatable bonds is 12. The molecule has 6 heteroatoms. The summed E-state index contributed by atoms with van der Waals surface area (Å²) in [6.07, 6.45) is 9.80. The van der Waals surface area contributed by atoms with Gasteiger partial charge >= 0.3 is 0 Å². The predicted octanol–water partition coefficient (Wildman–Crippen LogP) is 6.64. The van der Waals surface area contributed by atoms with Crippen LogP contribution in [0.25, 0.3) is 11.7 Å². The highest BCUT2D eigenvalue weighted by Crippen LogP contribution is 2.30. The van der Waals surface area contributed by atoms with Crippen molar-refractivity contribution in [2.24, 2.45) is 0 Å². The highest BCUT2D eigenvalue weighted by molar-refractivity contribution is 5.83. The molecule has 2 aromatic heterocycles. The molecule has 0 aliphatic carbocycles. The summed E-state index contributed by atoms with van der Waals surface area (Å²) < 4.78 is 1.62. The number of hydrogen-bond donors (Lipinski definition) is 2. The molecule has 0 bridgehead atoms. The lowest BCUT2D eigenvalue weighted by Crippen LogP contribution is -2.23. The molecular formula is C28H41N5O. The molecule has 0 fully saturated rings. The molecule has 2 N–H and O–H groups in total. The van der Waals surface area contributed by atoms with Crippen LogP contribution in [0.4, 0.5) is 17.1 Å². The summed E-state index contributed by atoms with van der Waals surface area (Å²) in [4.78, 5) is 20.9. The number of aromatic amines is 1. The standard InChI is InChI=1S/C28H41N5O/c1-7-12-13-16-22-24(14-8-2)30-27-26(25(15-9-3)31-33(27)28(22)34)29-23-18-17-21(19-20(23)6)32(10-4)11-5/h9,15,17-19,29,31H,7-8,10-14,16H2,1-6H3. The number of unbranched alkanes of at least 4 members (excludes halogenated alkanes) is 2. The first-order chi connectivity index (χ1) is 16.5. The zero-order chi connectivity index (χ0) is 24.7. The largest absolute Gasteiger partial charge is 0.372 e. The molecule has 6 nitrogen and oxygen atoms in total. The molecule has 0 saturated heterocycles. The Morgan fingerprint density at radius 3 is 2.47 bits per heavy atom. The van der Waals surface area contributed by atoms with E-state index in [0.29, 0.717) is 5.65 Å². The SMILES string of the molecule is CC=Cc1[nH]n2c(=O)c(CCCCC)c(CCC)nc2c1Nc1ccc(N(CC)CC)cc1C. The zero-order valence-corrected chi connectivity index (χ0v) is 21.8. The fourth-order valence-corrected chi connectivity index (χ4v) is 4.53. The first kappa shape index (κ1) is 25.6. The third-order valence-electron chi connectivity index (χ3n) is 6.44. The summed E-state index contributed by atoms with van der Waals surface area (Å²) >= 11 is 0. The molecule has 0 atom stereocenters. The van der Waals surface area contributed by atoms with Crippen molar-refractivity contribution in [3.63, 3.8) is 0 Å². The molecular weight excluding hydrogens is 422 g/mol. The molecule has 0 aliphatic rings. The van der Waals surface area contributed by atoms with Crippen LogP contribution in [0.2, 0.25) is 0 Å². The van der Waals surface area contributed by atoms with Crippen molar-refractivity contribution in [3.8, 4) is 0 Å². The van der Waals surface area contributed by atoms with Gasteiger partial charge in [-0.3, -0.25) is 9.89 Å². The Labute approximate surface area is 204 Å². The van der Waals surface area contributed by atoms with E-state index in [4.69, 9.17) is 4.98 Å². The predicted molar refractivity (Wildman–Crippen MR) is 146 cm³/mol. The van der Waals surface area contributed by atoms with Crippen LogP contribution in [-0.4, -0.2) is 27.7 Å². The van der Waals surface area contributed by atoms with Gasteiger partial charge in [-0.15, -0.1) is 0 Å². The maximum Gasteiger partial charge on any atom is 0.276 e. The van der Waals surface area contributed by atoms with Crippen LogP contribution in [0, 0.1) is 6.92 Å². The van der Waals surface area contributed by atoms with Crippen LogP contribution in [-0.2, 0) is 12.8 Å². The first-order valence-corrected chi connectivity index (χ1v) is 12.9. The van der Waals surface area contributed by atoms with Crippen LogP contribution in [0.1, 0.15) is 82.8 Å². The lowest BCUT2D eigenvalue weighted by atomic mass is 10.0. The van der Waals surface area contributed by atoms with Crippen molar-refractivity contribution in [3.05, 3.63) is 57.1 Å². The molecule has 0 radical (unpaired) electrons. The van der Waals surface area contributed by atoms with Gasteiger partial charge in [0.15, 0.2) is 5.65 Å². The van der Waals surface area contributed by atoms with Gasteiger partial charge in [-0.1, -0.05) is 39.2 Å². The van der Waals surface area contributed by atoms with Gasteiger partial charge in [0.2, 0.25) is 0 Å². The maximum absolute atomic E-state index is 13.5. The van der Waals surface area contributed by atoms with Gasteiger partial charge in [0.25, 0.3) is 5.56 Å². The smallest absolute Gasteiger partial charge is 0.276 e. The summed E-state index contributed by atoms with van der Waals surface area (Å²) in [6, 6.07) is 6.49. The second-order valence-electron chi connectivity index (χ2n) is 8.91. The Morgan fingerprint density at radius 2 is 1.85 bits per heavy atom. The van der Waals surface area contributed by atoms with Gasteiger partial charge in [-0.2, -0.15) is 4.52 Å². The van der Waals surface area contributed by atoms with E-state index in [1.807, 2.05) is 19.1 Å². The average molecular weight is 464 g/mol. The third-order valence-corrected chi connectivity index (χ3v) is 6.44. The number of aryl methyl sites for hydroxylation is 2. The van der Waals surface area contributed by atoms with Crippen molar-refractivity contribution >= 4 is 28.8 Å². The first-order valence-electron chi connectivity index (χ1n) is 12.9. The molecule has 0 spiro atoms. The number of anilines is 3. The molecule has 34 heavy (non-hydrogen) atoms. The van der Waals surface area contributed by atoms with Gasteiger partial charge in [0, 0.05) is 30.0 Å². The molecule has 0 aliphatic heterocycles. The highest BCUT2D eigenvalue weighted by Gasteiger charge is 2.19. The lowest BCUT2D eigenvalue weighted by Gasteiger charge is -2.22. The van der Waals surface area contributed by atoms with E-state index < -0.39 is 0 Å². The number of nitrogens with one attached hydrogen (secondary N) is 2. The molecule has 1 aromatic carbocycles.